The third-order valence-corrected chi connectivity index (χ3v) is 4.19. The number of carboxylic acids is 1. The van der Waals surface area contributed by atoms with Crippen LogP contribution in [-0.4, -0.2) is 23.5 Å². The van der Waals surface area contributed by atoms with Crippen LogP contribution in [0.1, 0.15) is 24.8 Å². The summed E-state index contributed by atoms with van der Waals surface area (Å²) in [5.74, 6) is -2.32. The number of ketones is 1. The second-order valence-electron chi connectivity index (χ2n) is 5.11. The van der Waals surface area contributed by atoms with E-state index in [9.17, 15) is 14.0 Å². The van der Waals surface area contributed by atoms with Gasteiger partial charge in [0.2, 0.25) is 0 Å². The fourth-order valence-corrected chi connectivity index (χ4v) is 3.20. The average Bonchev–Trinajstić information content (AvgIpc) is 2.69. The Kier molecular flexibility index (Phi) is 2.59. The fourth-order valence-electron chi connectivity index (χ4n) is 3.20. The molecule has 1 aliphatic carbocycles. The molecule has 2 aliphatic rings. The molecule has 2 atom stereocenters. The number of benzene rings is 1. The standard InChI is InChI=1S/C14H13FO4/c15-8-1-2-11-10(7-8)14(5-6-19-11)4-3-9(12(14)16)13(17)18/h1-2,7,9H,3-6H2,(H,17,18). The van der Waals surface area contributed by atoms with E-state index >= 15 is 0 Å². The van der Waals surface area contributed by atoms with Crippen LogP contribution >= 0.6 is 0 Å². The molecule has 1 aliphatic heterocycles. The van der Waals surface area contributed by atoms with Crippen molar-refractivity contribution in [1.82, 2.24) is 0 Å². The molecule has 0 bridgehead atoms. The van der Waals surface area contributed by atoms with Crippen LogP contribution in [0.3, 0.4) is 0 Å². The Morgan fingerprint density at radius 2 is 2.21 bits per heavy atom. The van der Waals surface area contributed by atoms with E-state index < -0.39 is 23.1 Å². The lowest BCUT2D eigenvalue weighted by Gasteiger charge is -2.34. The van der Waals surface area contributed by atoms with Gasteiger partial charge in [-0.15, -0.1) is 0 Å². The predicted octanol–water partition coefficient (Wildman–Crippen LogP) is 1.91. The van der Waals surface area contributed by atoms with Crippen molar-refractivity contribution in [3.05, 3.63) is 29.6 Å². The van der Waals surface area contributed by atoms with Crippen molar-refractivity contribution in [3.63, 3.8) is 0 Å². The van der Waals surface area contributed by atoms with Crippen molar-refractivity contribution >= 4 is 11.8 Å². The van der Waals surface area contributed by atoms with Crippen molar-refractivity contribution in [2.24, 2.45) is 5.92 Å². The third-order valence-electron chi connectivity index (χ3n) is 4.19. The van der Waals surface area contributed by atoms with Crippen LogP contribution in [0.25, 0.3) is 0 Å². The summed E-state index contributed by atoms with van der Waals surface area (Å²) < 4.78 is 18.9. The first-order valence-electron chi connectivity index (χ1n) is 6.24. The van der Waals surface area contributed by atoms with Gasteiger partial charge in [0.25, 0.3) is 0 Å². The Morgan fingerprint density at radius 1 is 1.42 bits per heavy atom. The summed E-state index contributed by atoms with van der Waals surface area (Å²) in [7, 11) is 0. The summed E-state index contributed by atoms with van der Waals surface area (Å²) in [6.07, 6.45) is 1.18. The number of fused-ring (bicyclic) bond motifs is 2. The lowest BCUT2D eigenvalue weighted by Crippen LogP contribution is -2.39. The molecule has 4 nitrogen and oxygen atoms in total. The monoisotopic (exact) mass is 264 g/mol. The van der Waals surface area contributed by atoms with Gasteiger partial charge in [-0.05, 0) is 37.5 Å². The summed E-state index contributed by atoms with van der Waals surface area (Å²) in [5, 5.41) is 9.07. The van der Waals surface area contributed by atoms with Gasteiger partial charge in [-0.25, -0.2) is 4.39 Å². The highest BCUT2D eigenvalue weighted by Crippen LogP contribution is 2.49. The molecule has 100 valence electrons. The third kappa shape index (κ3) is 1.64. The summed E-state index contributed by atoms with van der Waals surface area (Å²) in [4.78, 5) is 23.5. The molecule has 0 amide bonds. The number of ether oxygens (including phenoxy) is 1. The summed E-state index contributed by atoms with van der Waals surface area (Å²) in [6, 6.07) is 4.09. The SMILES string of the molecule is O=C(O)C1CCC2(CCOc3ccc(F)cc32)C1=O. The minimum atomic E-state index is -1.09. The predicted molar refractivity (Wildman–Crippen MR) is 63.6 cm³/mol. The lowest BCUT2D eigenvalue weighted by atomic mass is 9.73. The number of halogens is 1. The number of hydrogen-bond donors (Lipinski definition) is 1. The molecule has 5 heteroatoms. The van der Waals surface area contributed by atoms with E-state index in [-0.39, 0.29) is 5.78 Å². The van der Waals surface area contributed by atoms with Gasteiger partial charge >= 0.3 is 5.97 Å². The van der Waals surface area contributed by atoms with Gasteiger partial charge in [-0.1, -0.05) is 0 Å². The van der Waals surface area contributed by atoms with Gasteiger partial charge in [-0.2, -0.15) is 0 Å². The second kappa shape index (κ2) is 4.05. The summed E-state index contributed by atoms with van der Waals surface area (Å²) >= 11 is 0. The van der Waals surface area contributed by atoms with E-state index in [4.69, 9.17) is 9.84 Å². The van der Waals surface area contributed by atoms with Crippen LogP contribution in [0.4, 0.5) is 4.39 Å². The first-order chi connectivity index (χ1) is 9.04. The van der Waals surface area contributed by atoms with E-state index in [0.717, 1.165) is 0 Å². The first kappa shape index (κ1) is 12.1. The average molecular weight is 264 g/mol. The Balaban J connectivity index is 2.11. The van der Waals surface area contributed by atoms with Gasteiger partial charge in [0, 0.05) is 5.56 Å². The zero-order valence-electron chi connectivity index (χ0n) is 10.2. The molecule has 0 radical (unpaired) electrons. The number of aliphatic carboxylic acids is 1. The highest BCUT2D eigenvalue weighted by Gasteiger charge is 2.53. The van der Waals surface area contributed by atoms with Gasteiger partial charge in [-0.3, -0.25) is 9.59 Å². The zero-order valence-corrected chi connectivity index (χ0v) is 10.2. The molecule has 1 spiro atoms. The van der Waals surface area contributed by atoms with Crippen molar-refractivity contribution in [1.29, 1.82) is 0 Å². The molecular weight excluding hydrogens is 251 g/mol. The number of hydrogen-bond acceptors (Lipinski definition) is 3. The molecule has 1 saturated carbocycles. The molecular formula is C14H13FO4. The first-order valence-corrected chi connectivity index (χ1v) is 6.24. The number of carbonyl (C=O) groups excluding carboxylic acids is 1. The molecule has 0 aromatic heterocycles. The largest absolute Gasteiger partial charge is 0.493 e. The molecule has 1 heterocycles. The molecule has 1 aromatic carbocycles. The van der Waals surface area contributed by atoms with Crippen LogP contribution in [0.15, 0.2) is 18.2 Å². The molecule has 3 rings (SSSR count). The molecule has 1 aromatic rings. The maximum Gasteiger partial charge on any atom is 0.314 e. The molecule has 2 unspecified atom stereocenters. The minimum Gasteiger partial charge on any atom is -0.493 e. The van der Waals surface area contributed by atoms with E-state index in [1.807, 2.05) is 0 Å². The van der Waals surface area contributed by atoms with Crippen LogP contribution in [0.5, 0.6) is 5.75 Å². The van der Waals surface area contributed by atoms with Crippen LogP contribution in [-0.2, 0) is 15.0 Å². The summed E-state index contributed by atoms with van der Waals surface area (Å²) in [5.41, 5.74) is -0.369. The Morgan fingerprint density at radius 3 is 2.89 bits per heavy atom. The molecule has 19 heavy (non-hydrogen) atoms. The Hall–Kier alpha value is -1.91. The normalized spacial score (nSPS) is 29.1. The molecule has 1 fully saturated rings. The maximum absolute atomic E-state index is 13.4. The van der Waals surface area contributed by atoms with Crippen molar-refractivity contribution in [2.45, 2.75) is 24.7 Å². The highest BCUT2D eigenvalue weighted by molar-refractivity contribution is 6.06. The molecule has 1 N–H and O–H groups in total. The molecule has 0 saturated heterocycles. The van der Waals surface area contributed by atoms with Gasteiger partial charge in [0.05, 0.1) is 12.0 Å². The lowest BCUT2D eigenvalue weighted by molar-refractivity contribution is -0.146. The van der Waals surface area contributed by atoms with E-state index in [1.54, 1.807) is 0 Å². The highest BCUT2D eigenvalue weighted by atomic mass is 19.1. The topological polar surface area (TPSA) is 63.6 Å². The van der Waals surface area contributed by atoms with Gasteiger partial charge in [0.15, 0.2) is 5.78 Å². The van der Waals surface area contributed by atoms with Crippen LogP contribution in [0, 0.1) is 11.7 Å². The van der Waals surface area contributed by atoms with E-state index in [2.05, 4.69) is 0 Å². The number of rotatable bonds is 1. The van der Waals surface area contributed by atoms with E-state index in [0.29, 0.717) is 37.2 Å². The van der Waals surface area contributed by atoms with Crippen molar-refractivity contribution in [3.8, 4) is 5.75 Å². The van der Waals surface area contributed by atoms with Gasteiger partial charge in [0.1, 0.15) is 17.5 Å². The van der Waals surface area contributed by atoms with Crippen LogP contribution in [0.2, 0.25) is 0 Å². The fraction of sp³-hybridized carbons (Fsp3) is 0.429. The van der Waals surface area contributed by atoms with E-state index in [1.165, 1.54) is 18.2 Å². The Bertz CT molecular complexity index is 569. The zero-order chi connectivity index (χ0) is 13.6. The van der Waals surface area contributed by atoms with Crippen molar-refractivity contribution < 1.29 is 23.8 Å². The minimum absolute atomic E-state index is 0.310. The van der Waals surface area contributed by atoms with Crippen LogP contribution < -0.4 is 4.74 Å². The number of Topliss-reactive ketones (excluding diaryl/α,β-unsaturated/α-hetero) is 1. The second-order valence-corrected chi connectivity index (χ2v) is 5.11. The van der Waals surface area contributed by atoms with Gasteiger partial charge < -0.3 is 9.84 Å². The number of carboxylic acid groups (broad SMARTS) is 1. The smallest absolute Gasteiger partial charge is 0.314 e. The maximum atomic E-state index is 13.4. The quantitative estimate of drug-likeness (QED) is 0.787. The number of carbonyl (C=O) groups is 2. The Labute approximate surface area is 109 Å². The van der Waals surface area contributed by atoms with Crippen molar-refractivity contribution in [2.75, 3.05) is 6.61 Å². The summed E-state index contributed by atoms with van der Waals surface area (Å²) in [6.45, 7) is 0.358.